The summed E-state index contributed by atoms with van der Waals surface area (Å²) in [6, 6.07) is 12.7. The third-order valence-corrected chi connectivity index (χ3v) is 8.53. The van der Waals surface area contributed by atoms with Crippen molar-refractivity contribution in [1.29, 1.82) is 0 Å². The quantitative estimate of drug-likeness (QED) is 0.255. The topological polar surface area (TPSA) is 34.1 Å². The van der Waals surface area contributed by atoms with Gasteiger partial charge in [0.05, 0.1) is 0 Å². The van der Waals surface area contributed by atoms with Crippen LogP contribution in [0.4, 0.5) is 0 Å². The third kappa shape index (κ3) is 5.79. The summed E-state index contributed by atoms with van der Waals surface area (Å²) in [4.78, 5) is 24.9. The van der Waals surface area contributed by atoms with Crippen LogP contribution in [0.15, 0.2) is 36.4 Å². The van der Waals surface area contributed by atoms with Gasteiger partial charge in [0.25, 0.3) is 0 Å². The number of carbonyl (C=O) groups excluding carboxylic acids is 2. The Bertz CT molecular complexity index is 948. The van der Waals surface area contributed by atoms with Crippen LogP contribution in [0.3, 0.4) is 0 Å². The second-order valence-corrected chi connectivity index (χ2v) is 11.0. The molecule has 2 unspecified atom stereocenters. The van der Waals surface area contributed by atoms with Gasteiger partial charge in [-0.15, -0.1) is 0 Å². The molecule has 0 aromatic heterocycles. The van der Waals surface area contributed by atoms with Gasteiger partial charge in [-0.05, 0) is 72.9 Å². The first-order valence-electron chi connectivity index (χ1n) is 14.1. The van der Waals surface area contributed by atoms with E-state index in [0.717, 1.165) is 36.8 Å². The smallest absolute Gasteiger partial charge is 0.159 e. The molecule has 0 saturated carbocycles. The van der Waals surface area contributed by atoms with Crippen LogP contribution < -0.4 is 0 Å². The van der Waals surface area contributed by atoms with E-state index in [1.54, 1.807) is 13.8 Å². The number of benzene rings is 2. The number of hydrogen-bond acceptors (Lipinski definition) is 2. The maximum absolute atomic E-state index is 12.5. The van der Waals surface area contributed by atoms with Crippen LogP contribution in [-0.4, -0.2) is 11.6 Å². The van der Waals surface area contributed by atoms with Crippen molar-refractivity contribution in [2.45, 2.75) is 111 Å². The zero-order valence-electron chi connectivity index (χ0n) is 23.0. The molecule has 2 atom stereocenters. The molecule has 0 radical (unpaired) electrons. The Morgan fingerprint density at radius 3 is 1.40 bits per heavy atom. The van der Waals surface area contributed by atoms with Crippen molar-refractivity contribution in [2.24, 2.45) is 11.8 Å². The molecule has 2 nitrogen and oxygen atoms in total. The minimum absolute atomic E-state index is 0.123. The lowest BCUT2D eigenvalue weighted by molar-refractivity contribution is 0.100. The molecule has 2 heteroatoms. The summed E-state index contributed by atoms with van der Waals surface area (Å²) < 4.78 is 0. The first kappa shape index (κ1) is 27.4. The highest BCUT2D eigenvalue weighted by Crippen LogP contribution is 2.56. The molecule has 1 aliphatic rings. The highest BCUT2D eigenvalue weighted by atomic mass is 16.1. The molecule has 0 amide bonds. The van der Waals surface area contributed by atoms with Crippen LogP contribution >= 0.6 is 0 Å². The second kappa shape index (κ2) is 12.2. The molecule has 190 valence electrons. The van der Waals surface area contributed by atoms with Gasteiger partial charge >= 0.3 is 0 Å². The summed E-state index contributed by atoms with van der Waals surface area (Å²) in [5, 5.41) is 0. The average Bonchev–Trinajstić information content (AvgIpc) is 3.12. The zero-order valence-corrected chi connectivity index (χ0v) is 23.0. The summed E-state index contributed by atoms with van der Waals surface area (Å²) in [6.45, 7) is 12.6. The fourth-order valence-corrected chi connectivity index (χ4v) is 6.33. The fraction of sp³-hybridized carbons (Fsp3) is 0.576. The summed E-state index contributed by atoms with van der Waals surface area (Å²) in [5.74, 6) is 1.50. The third-order valence-electron chi connectivity index (χ3n) is 8.53. The van der Waals surface area contributed by atoms with Crippen molar-refractivity contribution in [3.05, 3.63) is 58.7 Å². The van der Waals surface area contributed by atoms with Crippen molar-refractivity contribution in [3.8, 4) is 11.1 Å². The van der Waals surface area contributed by atoms with E-state index in [2.05, 4.69) is 52.0 Å². The van der Waals surface area contributed by atoms with Gasteiger partial charge in [0, 0.05) is 16.5 Å². The number of Topliss-reactive ketones (excluding diaryl/α,β-unsaturated/α-hetero) is 2. The van der Waals surface area contributed by atoms with Crippen LogP contribution in [0, 0.1) is 11.8 Å². The Morgan fingerprint density at radius 2 is 1.09 bits per heavy atom. The monoisotopic (exact) mass is 474 g/mol. The van der Waals surface area contributed by atoms with E-state index in [9.17, 15) is 9.59 Å². The van der Waals surface area contributed by atoms with E-state index in [4.69, 9.17) is 0 Å². The van der Waals surface area contributed by atoms with Crippen molar-refractivity contribution < 1.29 is 9.59 Å². The number of ketones is 2. The van der Waals surface area contributed by atoms with Gasteiger partial charge in [0.1, 0.15) is 0 Å². The second-order valence-electron chi connectivity index (χ2n) is 11.0. The van der Waals surface area contributed by atoms with Crippen molar-refractivity contribution >= 4 is 11.6 Å². The maximum Gasteiger partial charge on any atom is 0.159 e. The van der Waals surface area contributed by atoms with Gasteiger partial charge in [-0.3, -0.25) is 9.59 Å². The molecule has 1 aliphatic carbocycles. The van der Waals surface area contributed by atoms with E-state index < -0.39 is 0 Å². The molecule has 3 rings (SSSR count). The summed E-state index contributed by atoms with van der Waals surface area (Å²) in [6.07, 6.45) is 11.9. The van der Waals surface area contributed by atoms with Crippen LogP contribution in [-0.2, 0) is 5.41 Å². The normalized spacial score (nSPS) is 15.4. The predicted octanol–water partition coefficient (Wildman–Crippen LogP) is 9.57. The van der Waals surface area contributed by atoms with E-state index >= 15 is 0 Å². The lowest BCUT2D eigenvalue weighted by Gasteiger charge is -2.39. The molecule has 0 bridgehead atoms. The number of rotatable bonds is 14. The Balaban J connectivity index is 2.27. The number of carbonyl (C=O) groups is 2. The average molecular weight is 475 g/mol. The molecule has 0 aliphatic heterocycles. The first-order chi connectivity index (χ1) is 16.8. The molecule has 2 aromatic carbocycles. The predicted molar refractivity (Wildman–Crippen MR) is 149 cm³/mol. The highest BCUT2D eigenvalue weighted by molar-refractivity contribution is 5.98. The van der Waals surface area contributed by atoms with Crippen LogP contribution in [0.1, 0.15) is 138 Å². The molecule has 0 spiro atoms. The molecular formula is C33H46O2. The lowest BCUT2D eigenvalue weighted by atomic mass is 9.65. The summed E-state index contributed by atoms with van der Waals surface area (Å²) >= 11 is 0. The van der Waals surface area contributed by atoms with Crippen LogP contribution in [0.2, 0.25) is 0 Å². The summed E-state index contributed by atoms with van der Waals surface area (Å²) in [5.41, 5.74) is 6.62. The van der Waals surface area contributed by atoms with Gasteiger partial charge in [-0.2, -0.15) is 0 Å². The van der Waals surface area contributed by atoms with Crippen molar-refractivity contribution in [3.63, 3.8) is 0 Å². The molecule has 0 fully saturated rings. The molecule has 0 N–H and O–H groups in total. The fourth-order valence-electron chi connectivity index (χ4n) is 6.33. The molecule has 35 heavy (non-hydrogen) atoms. The summed E-state index contributed by atoms with van der Waals surface area (Å²) in [7, 11) is 0. The van der Waals surface area contributed by atoms with Gasteiger partial charge in [0.2, 0.25) is 0 Å². The van der Waals surface area contributed by atoms with Gasteiger partial charge in [-0.1, -0.05) is 103 Å². The minimum atomic E-state index is -0.148. The number of unbranched alkanes of at least 4 members (excludes halogenated alkanes) is 2. The maximum atomic E-state index is 12.5. The first-order valence-corrected chi connectivity index (χ1v) is 14.1. The van der Waals surface area contributed by atoms with Crippen molar-refractivity contribution in [2.75, 3.05) is 0 Å². The standard InChI is InChI=1S/C33H46O2/c1-7-11-13-25(9-3)21-33(22-26(10-4)14-12-8-2)31-19-27(23(5)34)15-17-29(31)30-18-16-28(24(6)35)20-32(30)33/h15-20,25-26H,7-14,21-22H2,1-6H3. The molecule has 0 saturated heterocycles. The molecule has 0 heterocycles. The van der Waals surface area contributed by atoms with Crippen LogP contribution in [0.25, 0.3) is 11.1 Å². The van der Waals surface area contributed by atoms with Gasteiger partial charge < -0.3 is 0 Å². The Labute approximate surface area is 213 Å². The molecular weight excluding hydrogens is 428 g/mol. The SMILES string of the molecule is CCCCC(CC)CC1(CC(CC)CCCC)c2cc(C(C)=O)ccc2-c2ccc(C(C)=O)cc21. The van der Waals surface area contributed by atoms with Crippen molar-refractivity contribution in [1.82, 2.24) is 0 Å². The van der Waals surface area contributed by atoms with E-state index in [1.807, 2.05) is 12.1 Å². The van der Waals surface area contributed by atoms with E-state index in [1.165, 1.54) is 60.8 Å². The highest BCUT2D eigenvalue weighted by Gasteiger charge is 2.45. The Morgan fingerprint density at radius 1 is 0.686 bits per heavy atom. The van der Waals surface area contributed by atoms with E-state index in [-0.39, 0.29) is 17.0 Å². The Hall–Kier alpha value is -2.22. The van der Waals surface area contributed by atoms with Gasteiger partial charge in [0.15, 0.2) is 11.6 Å². The minimum Gasteiger partial charge on any atom is -0.295 e. The van der Waals surface area contributed by atoms with Gasteiger partial charge in [-0.25, -0.2) is 0 Å². The lowest BCUT2D eigenvalue weighted by Crippen LogP contribution is -2.32. The van der Waals surface area contributed by atoms with Crippen LogP contribution in [0.5, 0.6) is 0 Å². The largest absolute Gasteiger partial charge is 0.295 e. The zero-order chi connectivity index (χ0) is 25.6. The molecule has 2 aromatic rings. The van der Waals surface area contributed by atoms with E-state index in [0.29, 0.717) is 11.8 Å². The number of fused-ring (bicyclic) bond motifs is 3. The number of hydrogen-bond donors (Lipinski definition) is 0. The Kier molecular flexibility index (Phi) is 9.50.